The maximum atomic E-state index is 12.1. The van der Waals surface area contributed by atoms with Gasteiger partial charge < -0.3 is 16.0 Å². The number of amides is 3. The second kappa shape index (κ2) is 9.17. The molecule has 2 heterocycles. The van der Waals surface area contributed by atoms with Gasteiger partial charge in [0.15, 0.2) is 11.5 Å². The standard InChI is InChI=1S/C18H18N8O3/c1-12(27)23-14-4-2-13(3-5-14)17(28)20-8-9-21-18(29)15-6-7-16(25-24-15)26-11-19-10-22-26/h2-7,10-11H,8-9H2,1H3,(H,20,28)(H,21,29)(H,23,27). The highest BCUT2D eigenvalue weighted by molar-refractivity contribution is 5.95. The normalized spacial score (nSPS) is 10.2. The summed E-state index contributed by atoms with van der Waals surface area (Å²) < 4.78 is 1.42. The molecule has 0 saturated carbocycles. The van der Waals surface area contributed by atoms with Gasteiger partial charge >= 0.3 is 0 Å². The summed E-state index contributed by atoms with van der Waals surface area (Å²) in [5.74, 6) is -0.436. The molecule has 0 unspecified atom stereocenters. The zero-order valence-corrected chi connectivity index (χ0v) is 15.5. The van der Waals surface area contributed by atoms with Crippen molar-refractivity contribution in [1.29, 1.82) is 0 Å². The Kier molecular flexibility index (Phi) is 6.20. The average molecular weight is 394 g/mol. The molecule has 3 amide bonds. The summed E-state index contributed by atoms with van der Waals surface area (Å²) >= 11 is 0. The van der Waals surface area contributed by atoms with Crippen LogP contribution >= 0.6 is 0 Å². The van der Waals surface area contributed by atoms with Crippen LogP contribution in [0.1, 0.15) is 27.8 Å². The van der Waals surface area contributed by atoms with Gasteiger partial charge in [-0.15, -0.1) is 10.2 Å². The molecule has 0 bridgehead atoms. The fraction of sp³-hybridized carbons (Fsp3) is 0.167. The maximum absolute atomic E-state index is 12.1. The molecule has 29 heavy (non-hydrogen) atoms. The number of hydrogen-bond acceptors (Lipinski definition) is 7. The maximum Gasteiger partial charge on any atom is 0.271 e. The number of anilines is 1. The fourth-order valence-corrected chi connectivity index (χ4v) is 2.35. The van der Waals surface area contributed by atoms with Crippen molar-refractivity contribution in [3.63, 3.8) is 0 Å². The van der Waals surface area contributed by atoms with E-state index >= 15 is 0 Å². The van der Waals surface area contributed by atoms with Crippen LogP contribution in [0.4, 0.5) is 5.69 Å². The molecule has 3 N–H and O–H groups in total. The van der Waals surface area contributed by atoms with Gasteiger partial charge in [0.1, 0.15) is 12.7 Å². The van der Waals surface area contributed by atoms with Crippen molar-refractivity contribution in [1.82, 2.24) is 35.6 Å². The van der Waals surface area contributed by atoms with Gasteiger partial charge in [-0.3, -0.25) is 14.4 Å². The van der Waals surface area contributed by atoms with E-state index in [1.807, 2.05) is 0 Å². The molecule has 2 aromatic heterocycles. The molecule has 0 aliphatic carbocycles. The van der Waals surface area contributed by atoms with Gasteiger partial charge in [0, 0.05) is 31.3 Å². The van der Waals surface area contributed by atoms with Crippen molar-refractivity contribution in [2.24, 2.45) is 0 Å². The molecule has 0 fully saturated rings. The number of rotatable bonds is 7. The van der Waals surface area contributed by atoms with Crippen molar-refractivity contribution >= 4 is 23.4 Å². The lowest BCUT2D eigenvalue weighted by atomic mass is 10.2. The minimum absolute atomic E-state index is 0.147. The van der Waals surface area contributed by atoms with E-state index in [-0.39, 0.29) is 30.6 Å². The van der Waals surface area contributed by atoms with Gasteiger partial charge in [0.2, 0.25) is 5.91 Å². The van der Waals surface area contributed by atoms with Gasteiger partial charge in [-0.1, -0.05) is 0 Å². The van der Waals surface area contributed by atoms with Crippen molar-refractivity contribution < 1.29 is 14.4 Å². The fourth-order valence-electron chi connectivity index (χ4n) is 2.35. The van der Waals surface area contributed by atoms with Gasteiger partial charge in [0.05, 0.1) is 0 Å². The Labute approximate surface area is 165 Å². The molecule has 148 valence electrons. The Balaban J connectivity index is 1.43. The summed E-state index contributed by atoms with van der Waals surface area (Å²) in [5.41, 5.74) is 1.20. The highest BCUT2D eigenvalue weighted by Crippen LogP contribution is 2.09. The Morgan fingerprint density at radius 3 is 2.24 bits per heavy atom. The third kappa shape index (κ3) is 5.42. The smallest absolute Gasteiger partial charge is 0.271 e. The Hall–Kier alpha value is -4.15. The van der Waals surface area contributed by atoms with Gasteiger partial charge in [-0.05, 0) is 36.4 Å². The lowest BCUT2D eigenvalue weighted by Crippen LogP contribution is -2.35. The van der Waals surface area contributed by atoms with Crippen molar-refractivity contribution in [2.45, 2.75) is 6.92 Å². The van der Waals surface area contributed by atoms with Crippen LogP contribution in [-0.2, 0) is 4.79 Å². The van der Waals surface area contributed by atoms with E-state index in [0.29, 0.717) is 17.1 Å². The average Bonchev–Trinajstić information content (AvgIpc) is 3.26. The number of hydrogen-bond donors (Lipinski definition) is 3. The van der Waals surface area contributed by atoms with Crippen LogP contribution in [0.2, 0.25) is 0 Å². The second-order valence-electron chi connectivity index (χ2n) is 5.89. The highest BCUT2D eigenvalue weighted by atomic mass is 16.2. The molecule has 0 radical (unpaired) electrons. The first-order valence-corrected chi connectivity index (χ1v) is 8.66. The van der Waals surface area contributed by atoms with E-state index in [2.05, 4.69) is 36.2 Å². The highest BCUT2D eigenvalue weighted by Gasteiger charge is 2.09. The van der Waals surface area contributed by atoms with E-state index in [4.69, 9.17) is 0 Å². The minimum Gasteiger partial charge on any atom is -0.350 e. The van der Waals surface area contributed by atoms with Crippen LogP contribution in [0.15, 0.2) is 49.1 Å². The molecule has 0 spiro atoms. The first-order valence-electron chi connectivity index (χ1n) is 8.66. The zero-order valence-electron chi connectivity index (χ0n) is 15.5. The topological polar surface area (TPSA) is 144 Å². The van der Waals surface area contributed by atoms with Crippen LogP contribution in [-0.4, -0.2) is 55.8 Å². The van der Waals surface area contributed by atoms with E-state index < -0.39 is 5.91 Å². The lowest BCUT2D eigenvalue weighted by molar-refractivity contribution is -0.114. The van der Waals surface area contributed by atoms with Crippen molar-refractivity contribution in [2.75, 3.05) is 18.4 Å². The summed E-state index contributed by atoms with van der Waals surface area (Å²) in [7, 11) is 0. The summed E-state index contributed by atoms with van der Waals surface area (Å²) in [6.45, 7) is 1.87. The molecule has 3 rings (SSSR count). The van der Waals surface area contributed by atoms with Gasteiger partial charge in [-0.25, -0.2) is 9.67 Å². The van der Waals surface area contributed by atoms with Crippen LogP contribution in [0.25, 0.3) is 5.82 Å². The molecular weight excluding hydrogens is 376 g/mol. The number of carbonyl (C=O) groups is 3. The van der Waals surface area contributed by atoms with Crippen LogP contribution < -0.4 is 16.0 Å². The number of nitrogens with zero attached hydrogens (tertiary/aromatic N) is 5. The third-order valence-corrected chi connectivity index (χ3v) is 3.70. The molecule has 1 aromatic carbocycles. The summed E-state index contributed by atoms with van der Waals surface area (Å²) in [6.07, 6.45) is 2.84. The zero-order chi connectivity index (χ0) is 20.6. The number of aromatic nitrogens is 5. The number of nitrogens with one attached hydrogen (secondary N) is 3. The summed E-state index contributed by atoms with van der Waals surface area (Å²) in [4.78, 5) is 39.0. The van der Waals surface area contributed by atoms with E-state index in [1.54, 1.807) is 30.3 Å². The molecule has 0 aliphatic heterocycles. The lowest BCUT2D eigenvalue weighted by Gasteiger charge is -2.08. The molecule has 0 atom stereocenters. The van der Waals surface area contributed by atoms with Crippen molar-refractivity contribution in [3.8, 4) is 5.82 Å². The minimum atomic E-state index is -0.406. The predicted molar refractivity (Wildman–Crippen MR) is 102 cm³/mol. The van der Waals surface area contributed by atoms with E-state index in [9.17, 15) is 14.4 Å². The van der Waals surface area contributed by atoms with Crippen LogP contribution in [0.5, 0.6) is 0 Å². The number of benzene rings is 1. The second-order valence-corrected chi connectivity index (χ2v) is 5.89. The largest absolute Gasteiger partial charge is 0.350 e. The third-order valence-electron chi connectivity index (χ3n) is 3.70. The van der Waals surface area contributed by atoms with Crippen LogP contribution in [0, 0.1) is 0 Å². The monoisotopic (exact) mass is 394 g/mol. The van der Waals surface area contributed by atoms with E-state index in [0.717, 1.165) is 0 Å². The Morgan fingerprint density at radius 1 is 0.931 bits per heavy atom. The summed E-state index contributed by atoms with van der Waals surface area (Å²) in [6, 6.07) is 9.61. The SMILES string of the molecule is CC(=O)Nc1ccc(C(=O)NCCNC(=O)c2ccc(-n3cncn3)nn2)cc1. The quantitative estimate of drug-likeness (QED) is 0.485. The predicted octanol–water partition coefficient (Wildman–Crippen LogP) is 0.175. The molecular formula is C18H18N8O3. The summed E-state index contributed by atoms with van der Waals surface area (Å²) in [5, 5.41) is 19.7. The number of carbonyl (C=O) groups excluding carboxylic acids is 3. The Morgan fingerprint density at radius 2 is 1.66 bits per heavy atom. The first kappa shape index (κ1) is 19.6. The first-order chi connectivity index (χ1) is 14.0. The Bertz CT molecular complexity index is 985. The van der Waals surface area contributed by atoms with Crippen molar-refractivity contribution in [3.05, 3.63) is 60.3 Å². The van der Waals surface area contributed by atoms with Gasteiger partial charge in [0.25, 0.3) is 11.8 Å². The van der Waals surface area contributed by atoms with Crippen LogP contribution in [0.3, 0.4) is 0 Å². The molecule has 11 heteroatoms. The molecule has 0 aliphatic rings. The van der Waals surface area contributed by atoms with E-state index in [1.165, 1.54) is 30.3 Å². The molecule has 11 nitrogen and oxygen atoms in total. The molecule has 3 aromatic rings. The molecule has 0 saturated heterocycles. The van der Waals surface area contributed by atoms with Gasteiger partial charge in [-0.2, -0.15) is 5.10 Å².